The van der Waals surface area contributed by atoms with E-state index in [4.69, 9.17) is 19.2 Å². The van der Waals surface area contributed by atoms with Crippen molar-refractivity contribution in [2.75, 3.05) is 13.2 Å². The number of rotatable bonds is 8. The summed E-state index contributed by atoms with van der Waals surface area (Å²) in [5.41, 5.74) is 2.57. The largest absolute Gasteiger partial charge is 0.473 e. The Balaban J connectivity index is 0. The molecule has 1 N–H and O–H groups in total. The van der Waals surface area contributed by atoms with Crippen molar-refractivity contribution in [1.82, 2.24) is 14.7 Å². The Morgan fingerprint density at radius 1 is 0.889 bits per heavy atom. The van der Waals surface area contributed by atoms with Gasteiger partial charge < -0.3 is 14.2 Å². The van der Waals surface area contributed by atoms with Gasteiger partial charge in [-0.1, -0.05) is 61.8 Å². The molecule has 1 aromatic carbocycles. The van der Waals surface area contributed by atoms with Crippen LogP contribution in [0.4, 0.5) is 0 Å². The van der Waals surface area contributed by atoms with E-state index in [0.717, 1.165) is 60.5 Å². The van der Waals surface area contributed by atoms with Crippen molar-refractivity contribution < 1.29 is 27.4 Å². The smallest absolute Gasteiger partial charge is 0.308 e. The summed E-state index contributed by atoms with van der Waals surface area (Å²) in [4.78, 5) is 21.5. The first kappa shape index (κ1) is 44.5. The Kier molecular flexibility index (Phi) is 21.0. The second kappa shape index (κ2) is 21.2. The number of benzene rings is 1. The Hall–Kier alpha value is -2.60. The molecular formula is C34H59N3O6S2. The zero-order chi connectivity index (χ0) is 30.0. The predicted octanol–water partition coefficient (Wildman–Crippen LogP) is 8.53. The molecule has 0 bridgehead atoms. The number of esters is 1. The Morgan fingerprint density at radius 2 is 1.47 bits per heavy atom. The number of carbonyl (C=O) groups excluding carboxylic acids is 1. The predicted molar refractivity (Wildman–Crippen MR) is 191 cm³/mol. The van der Waals surface area contributed by atoms with Crippen LogP contribution in [-0.4, -0.2) is 61.1 Å². The van der Waals surface area contributed by atoms with Crippen LogP contribution in [0.15, 0.2) is 41.8 Å². The molecule has 0 spiro atoms. The number of nitrogens with zero attached hydrogens (tertiary/aromatic N) is 2. The fourth-order valence-corrected chi connectivity index (χ4v) is 6.07. The van der Waals surface area contributed by atoms with Crippen LogP contribution in [0, 0.1) is 5.92 Å². The van der Waals surface area contributed by atoms with Crippen molar-refractivity contribution in [2.45, 2.75) is 120 Å². The third-order valence-electron chi connectivity index (χ3n) is 5.93. The second-order valence-electron chi connectivity index (χ2n) is 10.9. The van der Waals surface area contributed by atoms with Gasteiger partial charge in [0, 0.05) is 18.9 Å². The van der Waals surface area contributed by atoms with E-state index in [1.807, 2.05) is 83.3 Å². The zero-order valence-corrected chi connectivity index (χ0v) is 26.5. The van der Waals surface area contributed by atoms with Crippen LogP contribution in [0.5, 0.6) is 5.88 Å². The molecule has 258 valence electrons. The lowest BCUT2D eigenvalue weighted by atomic mass is 10.1. The highest BCUT2D eigenvalue weighted by Gasteiger charge is 2.35. The molecule has 1 saturated heterocycles. The summed E-state index contributed by atoms with van der Waals surface area (Å²) >= 11 is 1.64. The average Bonchev–Trinajstić information content (AvgIpc) is 3.65. The van der Waals surface area contributed by atoms with E-state index in [-0.39, 0.29) is 65.1 Å². The zero-order valence-electron chi connectivity index (χ0n) is 24.8. The van der Waals surface area contributed by atoms with Gasteiger partial charge in [0.1, 0.15) is 11.8 Å². The molecule has 9 nitrogen and oxygen atoms in total. The molecule has 45 heavy (non-hydrogen) atoms. The number of aromatic nitrogens is 2. The topological polar surface area (TPSA) is 117 Å². The maximum absolute atomic E-state index is 11.1. The van der Waals surface area contributed by atoms with Crippen LogP contribution in [0.3, 0.4) is 0 Å². The van der Waals surface area contributed by atoms with Gasteiger partial charge in [-0.05, 0) is 64.1 Å². The van der Waals surface area contributed by atoms with Gasteiger partial charge in [0.25, 0.3) is 0 Å². The summed E-state index contributed by atoms with van der Waals surface area (Å²) < 4.78 is 40.9. The molecule has 5 rings (SSSR count). The summed E-state index contributed by atoms with van der Waals surface area (Å²) in [7, 11) is -2.94. The summed E-state index contributed by atoms with van der Waals surface area (Å²) in [6, 6.07) is 11.9. The maximum Gasteiger partial charge on any atom is 0.308 e. The molecule has 2 fully saturated rings. The first-order valence-corrected chi connectivity index (χ1v) is 16.7. The number of ether oxygens (including phenoxy) is 3. The van der Waals surface area contributed by atoms with Crippen molar-refractivity contribution >= 4 is 38.4 Å². The Bertz CT molecular complexity index is 1340. The van der Waals surface area contributed by atoms with Crippen LogP contribution in [0.25, 0.3) is 21.6 Å². The van der Waals surface area contributed by atoms with E-state index in [9.17, 15) is 13.2 Å². The number of hydrogen-bond acceptors (Lipinski definition) is 9. The number of sulfonamides is 1. The maximum atomic E-state index is 11.1. The highest BCUT2D eigenvalue weighted by atomic mass is 32.2. The van der Waals surface area contributed by atoms with E-state index in [1.165, 1.54) is 0 Å². The van der Waals surface area contributed by atoms with E-state index < -0.39 is 10.0 Å². The SMILES string of the molecule is C.C.C.C.CC(C)C(=O)OC1CCOCC1.CC(C)NS(=O)(=O)C1CC1.CC(C)Oc1nc2ccccc2nc1-c1cccs1. The molecule has 3 aromatic rings. The molecule has 0 amide bonds. The molecule has 3 heterocycles. The second-order valence-corrected chi connectivity index (χ2v) is 13.9. The van der Waals surface area contributed by atoms with Gasteiger partial charge in [-0.2, -0.15) is 0 Å². The lowest BCUT2D eigenvalue weighted by Crippen LogP contribution is -2.32. The van der Waals surface area contributed by atoms with Gasteiger partial charge >= 0.3 is 5.97 Å². The Labute approximate surface area is 277 Å². The third-order valence-corrected chi connectivity index (χ3v) is 8.95. The number of thiophene rings is 1. The quantitative estimate of drug-likeness (QED) is 0.237. The molecule has 2 aromatic heterocycles. The number of para-hydroxylation sites is 2. The Morgan fingerprint density at radius 3 is 1.93 bits per heavy atom. The van der Waals surface area contributed by atoms with Crippen molar-refractivity contribution in [3.05, 3.63) is 41.8 Å². The van der Waals surface area contributed by atoms with Gasteiger partial charge in [0.05, 0.1) is 46.4 Å². The lowest BCUT2D eigenvalue weighted by molar-refractivity contribution is -0.156. The van der Waals surface area contributed by atoms with Gasteiger partial charge in [-0.3, -0.25) is 4.79 Å². The molecule has 11 heteroatoms. The van der Waals surface area contributed by atoms with Gasteiger partial charge in [0.15, 0.2) is 0 Å². The summed E-state index contributed by atoms with van der Waals surface area (Å²) in [5.74, 6) is 0.492. The summed E-state index contributed by atoms with van der Waals surface area (Å²) in [6.07, 6.45) is 3.53. The lowest BCUT2D eigenvalue weighted by Gasteiger charge is -2.22. The molecular weight excluding hydrogens is 611 g/mol. The number of nitrogens with one attached hydrogen (secondary N) is 1. The van der Waals surface area contributed by atoms with E-state index in [2.05, 4.69) is 9.71 Å². The monoisotopic (exact) mass is 669 g/mol. The van der Waals surface area contributed by atoms with Crippen LogP contribution in [0.2, 0.25) is 0 Å². The number of hydrogen-bond donors (Lipinski definition) is 1. The highest BCUT2D eigenvalue weighted by molar-refractivity contribution is 7.90. The standard InChI is InChI=1S/C15H14N2OS.C9H16O3.C6H13NO2S.4CH4/c1-10(2)18-15-14(13-8-5-9-19-13)16-11-6-3-4-7-12(11)17-15;1-7(2)9(10)12-8-3-5-11-6-4-8;1-5(2)7-10(8,9)6-3-4-6;;;;/h3-10H,1-2H3;7-8H,3-6H2,1-2H3;5-7H,3-4H2,1-2H3;4*1H4. The highest BCUT2D eigenvalue weighted by Crippen LogP contribution is 2.32. The molecule has 0 atom stereocenters. The molecule has 2 aliphatic rings. The number of carbonyl (C=O) groups is 1. The van der Waals surface area contributed by atoms with Crippen molar-refractivity contribution in [3.63, 3.8) is 0 Å². The van der Waals surface area contributed by atoms with Crippen LogP contribution >= 0.6 is 11.3 Å². The molecule has 1 aliphatic carbocycles. The fourth-order valence-electron chi connectivity index (χ4n) is 3.76. The number of fused-ring (bicyclic) bond motifs is 1. The van der Waals surface area contributed by atoms with Gasteiger partial charge in [-0.15, -0.1) is 11.3 Å². The normalized spacial score (nSPS) is 14.3. The molecule has 1 aliphatic heterocycles. The molecule has 0 radical (unpaired) electrons. The van der Waals surface area contributed by atoms with Gasteiger partial charge in [0.2, 0.25) is 15.9 Å². The van der Waals surface area contributed by atoms with Gasteiger partial charge in [-0.25, -0.2) is 23.1 Å². The molecule has 0 unspecified atom stereocenters. The average molecular weight is 670 g/mol. The van der Waals surface area contributed by atoms with E-state index >= 15 is 0 Å². The minimum atomic E-state index is -2.94. The van der Waals surface area contributed by atoms with E-state index in [1.54, 1.807) is 11.3 Å². The van der Waals surface area contributed by atoms with Crippen LogP contribution in [0.1, 0.15) is 96.9 Å². The summed E-state index contributed by atoms with van der Waals surface area (Å²) in [6.45, 7) is 12.8. The van der Waals surface area contributed by atoms with Crippen molar-refractivity contribution in [2.24, 2.45) is 5.92 Å². The van der Waals surface area contributed by atoms with E-state index in [0.29, 0.717) is 5.88 Å². The molecule has 1 saturated carbocycles. The van der Waals surface area contributed by atoms with Crippen LogP contribution < -0.4 is 9.46 Å². The fraction of sp³-hybridized carbons (Fsp3) is 0.618. The van der Waals surface area contributed by atoms with Crippen molar-refractivity contribution in [3.8, 4) is 16.5 Å². The summed E-state index contributed by atoms with van der Waals surface area (Å²) in [5, 5.41) is 1.95. The van der Waals surface area contributed by atoms with Crippen LogP contribution in [-0.2, 0) is 24.3 Å². The van der Waals surface area contributed by atoms with Crippen molar-refractivity contribution in [1.29, 1.82) is 0 Å². The first-order valence-electron chi connectivity index (χ1n) is 14.2. The minimum absolute atomic E-state index is 0. The first-order chi connectivity index (χ1) is 19.5. The third kappa shape index (κ3) is 15.0. The minimum Gasteiger partial charge on any atom is -0.473 e.